The minimum atomic E-state index is -0.00565. The van der Waals surface area contributed by atoms with Gasteiger partial charge in [0.2, 0.25) is 5.91 Å². The molecule has 3 aliphatic rings. The van der Waals surface area contributed by atoms with Crippen LogP contribution in [-0.2, 0) is 16.0 Å². The van der Waals surface area contributed by atoms with E-state index >= 15 is 0 Å². The summed E-state index contributed by atoms with van der Waals surface area (Å²) in [5, 5.41) is 0. The molecule has 0 aliphatic carbocycles. The summed E-state index contributed by atoms with van der Waals surface area (Å²) in [6.07, 6.45) is 5.73. The molecule has 4 rings (SSSR count). The molecule has 0 saturated carbocycles. The highest BCUT2D eigenvalue weighted by molar-refractivity contribution is 5.76. The summed E-state index contributed by atoms with van der Waals surface area (Å²) in [5.74, 6) is 0.297. The van der Waals surface area contributed by atoms with Gasteiger partial charge in [-0.25, -0.2) is 0 Å². The molecule has 1 amide bonds. The molecule has 5 nitrogen and oxygen atoms in total. The Balaban J connectivity index is 1.25. The first-order valence-corrected chi connectivity index (χ1v) is 12.0. The van der Waals surface area contributed by atoms with Crippen LogP contribution in [-0.4, -0.2) is 84.2 Å². The van der Waals surface area contributed by atoms with Crippen LogP contribution >= 0.6 is 0 Å². The van der Waals surface area contributed by atoms with E-state index in [9.17, 15) is 4.79 Å². The van der Waals surface area contributed by atoms with Crippen molar-refractivity contribution in [2.45, 2.75) is 70.1 Å². The van der Waals surface area contributed by atoms with Crippen LogP contribution in [0.25, 0.3) is 0 Å². The Morgan fingerprint density at radius 1 is 1.07 bits per heavy atom. The summed E-state index contributed by atoms with van der Waals surface area (Å²) >= 11 is 0. The zero-order chi connectivity index (χ0) is 21.0. The molecule has 3 heterocycles. The zero-order valence-electron chi connectivity index (χ0n) is 18.9. The standard InChI is InChI=1S/C25H39N3O2/c1-21(2)26-15-17-27(18-16-26)23-10-19-30-25(20-23)11-13-28(14-12-25)24(29)9-8-22-6-4-3-5-7-22/h3-7,21,23H,8-20H2,1-2H3/t23-/m0/s1. The number of nitrogens with zero attached hydrogens (tertiary/aromatic N) is 3. The number of ether oxygens (including phenoxy) is 1. The quantitative estimate of drug-likeness (QED) is 0.743. The van der Waals surface area contributed by atoms with Crippen LogP contribution in [0, 0.1) is 0 Å². The molecule has 0 aromatic heterocycles. The summed E-state index contributed by atoms with van der Waals surface area (Å²) in [6, 6.07) is 11.6. The average molecular weight is 414 g/mol. The number of carbonyl (C=O) groups is 1. The van der Waals surface area contributed by atoms with Crippen LogP contribution in [0.15, 0.2) is 30.3 Å². The molecule has 0 bridgehead atoms. The Kier molecular flexibility index (Phi) is 7.12. The highest BCUT2D eigenvalue weighted by Gasteiger charge is 2.42. The van der Waals surface area contributed by atoms with Gasteiger partial charge >= 0.3 is 0 Å². The number of hydrogen-bond donors (Lipinski definition) is 0. The first-order valence-electron chi connectivity index (χ1n) is 12.0. The molecule has 0 N–H and O–H groups in total. The first kappa shape index (κ1) is 21.8. The number of hydrogen-bond acceptors (Lipinski definition) is 4. The van der Waals surface area contributed by atoms with Crippen LogP contribution in [0.2, 0.25) is 0 Å². The Bertz CT molecular complexity index is 677. The normalized spacial score (nSPS) is 25.7. The van der Waals surface area contributed by atoms with E-state index < -0.39 is 0 Å². The number of piperidine rings is 1. The van der Waals surface area contributed by atoms with E-state index in [-0.39, 0.29) is 5.60 Å². The van der Waals surface area contributed by atoms with Crippen LogP contribution in [0.4, 0.5) is 0 Å². The lowest BCUT2D eigenvalue weighted by molar-refractivity contribution is -0.150. The van der Waals surface area contributed by atoms with Gasteiger partial charge in [0.15, 0.2) is 0 Å². The lowest BCUT2D eigenvalue weighted by atomic mass is 9.81. The van der Waals surface area contributed by atoms with Crippen molar-refractivity contribution in [1.29, 1.82) is 0 Å². The van der Waals surface area contributed by atoms with Gasteiger partial charge in [-0.2, -0.15) is 0 Å². The number of benzene rings is 1. The average Bonchev–Trinajstić information content (AvgIpc) is 2.79. The topological polar surface area (TPSA) is 36.0 Å². The Morgan fingerprint density at radius 2 is 1.77 bits per heavy atom. The van der Waals surface area contributed by atoms with Crippen LogP contribution in [0.5, 0.6) is 0 Å². The fourth-order valence-electron chi connectivity index (χ4n) is 5.50. The molecule has 1 atom stereocenters. The molecule has 166 valence electrons. The SMILES string of the molecule is CC(C)N1CCN([C@H]2CCOC3(CCN(C(=O)CCc4ccccc4)CC3)C2)CC1. The number of rotatable bonds is 5. The molecular formula is C25H39N3O2. The third-order valence-corrected chi connectivity index (χ3v) is 7.56. The van der Waals surface area contributed by atoms with Gasteiger partial charge in [0.25, 0.3) is 0 Å². The predicted molar refractivity (Wildman–Crippen MR) is 121 cm³/mol. The fourth-order valence-corrected chi connectivity index (χ4v) is 5.50. The third kappa shape index (κ3) is 5.24. The highest BCUT2D eigenvalue weighted by Crippen LogP contribution is 2.37. The molecule has 3 fully saturated rings. The molecule has 5 heteroatoms. The molecule has 1 spiro atoms. The van der Waals surface area contributed by atoms with E-state index in [2.05, 4.69) is 40.7 Å². The van der Waals surface area contributed by atoms with Crippen LogP contribution in [0.1, 0.15) is 51.5 Å². The van der Waals surface area contributed by atoms with Crippen molar-refractivity contribution >= 4 is 5.91 Å². The number of amides is 1. The Labute approximate surface area is 182 Å². The maximum absolute atomic E-state index is 12.7. The van der Waals surface area contributed by atoms with E-state index in [0.717, 1.165) is 51.8 Å². The van der Waals surface area contributed by atoms with E-state index in [1.807, 2.05) is 18.2 Å². The summed E-state index contributed by atoms with van der Waals surface area (Å²) in [4.78, 5) is 20.1. The van der Waals surface area contributed by atoms with Crippen molar-refractivity contribution in [3.63, 3.8) is 0 Å². The molecule has 3 saturated heterocycles. The minimum Gasteiger partial charge on any atom is -0.375 e. The van der Waals surface area contributed by atoms with E-state index in [1.165, 1.54) is 31.7 Å². The molecule has 0 unspecified atom stereocenters. The van der Waals surface area contributed by atoms with Crippen molar-refractivity contribution in [2.75, 3.05) is 45.9 Å². The van der Waals surface area contributed by atoms with Gasteiger partial charge in [-0.1, -0.05) is 30.3 Å². The molecule has 1 aromatic rings. The smallest absolute Gasteiger partial charge is 0.222 e. The summed E-state index contributed by atoms with van der Waals surface area (Å²) in [5.41, 5.74) is 1.24. The maximum Gasteiger partial charge on any atom is 0.222 e. The van der Waals surface area contributed by atoms with E-state index in [1.54, 1.807) is 0 Å². The molecule has 3 aliphatic heterocycles. The van der Waals surface area contributed by atoms with Crippen molar-refractivity contribution in [3.05, 3.63) is 35.9 Å². The van der Waals surface area contributed by atoms with Crippen molar-refractivity contribution < 1.29 is 9.53 Å². The molecular weight excluding hydrogens is 374 g/mol. The van der Waals surface area contributed by atoms with E-state index in [0.29, 0.717) is 24.4 Å². The van der Waals surface area contributed by atoms with Gasteiger partial charge < -0.3 is 9.64 Å². The second kappa shape index (κ2) is 9.80. The van der Waals surface area contributed by atoms with Gasteiger partial charge in [-0.3, -0.25) is 14.6 Å². The lowest BCUT2D eigenvalue weighted by Crippen LogP contribution is -2.58. The Hall–Kier alpha value is -1.43. The molecule has 1 aromatic carbocycles. The molecule has 0 radical (unpaired) electrons. The van der Waals surface area contributed by atoms with Crippen molar-refractivity contribution in [1.82, 2.24) is 14.7 Å². The number of piperazine rings is 1. The second-order valence-electron chi connectivity index (χ2n) is 9.71. The zero-order valence-corrected chi connectivity index (χ0v) is 18.9. The van der Waals surface area contributed by atoms with Crippen molar-refractivity contribution in [3.8, 4) is 0 Å². The van der Waals surface area contributed by atoms with Crippen molar-refractivity contribution in [2.24, 2.45) is 0 Å². The largest absolute Gasteiger partial charge is 0.375 e. The van der Waals surface area contributed by atoms with Gasteiger partial charge in [-0.05, 0) is 51.5 Å². The number of aryl methyl sites for hydroxylation is 1. The summed E-state index contributed by atoms with van der Waals surface area (Å²) < 4.78 is 6.37. The van der Waals surface area contributed by atoms with E-state index in [4.69, 9.17) is 4.74 Å². The van der Waals surface area contributed by atoms with Gasteiger partial charge in [-0.15, -0.1) is 0 Å². The maximum atomic E-state index is 12.7. The Morgan fingerprint density at radius 3 is 2.43 bits per heavy atom. The highest BCUT2D eigenvalue weighted by atomic mass is 16.5. The fraction of sp³-hybridized carbons (Fsp3) is 0.720. The minimum absolute atomic E-state index is 0.00565. The number of likely N-dealkylation sites (tertiary alicyclic amines) is 1. The monoisotopic (exact) mass is 413 g/mol. The lowest BCUT2D eigenvalue weighted by Gasteiger charge is -2.50. The van der Waals surface area contributed by atoms with Gasteiger partial charge in [0, 0.05) is 64.4 Å². The van der Waals surface area contributed by atoms with Gasteiger partial charge in [0.05, 0.1) is 5.60 Å². The summed E-state index contributed by atoms with van der Waals surface area (Å²) in [7, 11) is 0. The molecule has 30 heavy (non-hydrogen) atoms. The second-order valence-corrected chi connectivity index (χ2v) is 9.71. The van der Waals surface area contributed by atoms with Crippen LogP contribution < -0.4 is 0 Å². The predicted octanol–water partition coefficient (Wildman–Crippen LogP) is 3.19. The first-order chi connectivity index (χ1) is 14.5. The summed E-state index contributed by atoms with van der Waals surface area (Å²) in [6.45, 7) is 11.9. The third-order valence-electron chi connectivity index (χ3n) is 7.56. The van der Waals surface area contributed by atoms with Crippen LogP contribution in [0.3, 0.4) is 0 Å². The van der Waals surface area contributed by atoms with Gasteiger partial charge in [0.1, 0.15) is 0 Å². The number of carbonyl (C=O) groups excluding carboxylic acids is 1.